The third kappa shape index (κ3) is 2.98. The van der Waals surface area contributed by atoms with Crippen LogP contribution >= 0.6 is 0 Å². The lowest BCUT2D eigenvalue weighted by Gasteiger charge is -2.20. The third-order valence-corrected chi connectivity index (χ3v) is 4.26. The maximum Gasteiger partial charge on any atom is 0.319 e. The van der Waals surface area contributed by atoms with Gasteiger partial charge in [0.25, 0.3) is 0 Å². The van der Waals surface area contributed by atoms with Crippen LogP contribution in [-0.4, -0.2) is 6.03 Å². The van der Waals surface area contributed by atoms with Crippen molar-refractivity contribution in [2.24, 2.45) is 0 Å². The number of rotatable bonds is 4. The summed E-state index contributed by atoms with van der Waals surface area (Å²) in [6, 6.07) is 18.0. The summed E-state index contributed by atoms with van der Waals surface area (Å²) in [5.74, 6) is 0.375. The van der Waals surface area contributed by atoms with Gasteiger partial charge in [-0.15, -0.1) is 0 Å². The average Bonchev–Trinajstić information content (AvgIpc) is 3.29. The molecule has 0 atom stereocenters. The molecule has 1 aliphatic rings. The zero-order chi connectivity index (χ0) is 15.6. The number of benzene rings is 2. The Hall–Kier alpha value is -2.29. The monoisotopic (exact) mass is 294 g/mol. The van der Waals surface area contributed by atoms with Crippen molar-refractivity contribution < 1.29 is 4.79 Å². The van der Waals surface area contributed by atoms with Crippen molar-refractivity contribution in [2.45, 2.75) is 38.1 Å². The van der Waals surface area contributed by atoms with Crippen LogP contribution in [-0.2, 0) is 5.54 Å². The van der Waals surface area contributed by atoms with Gasteiger partial charge in [0.2, 0.25) is 0 Å². The molecule has 0 bridgehead atoms. The third-order valence-electron chi connectivity index (χ3n) is 4.26. The molecule has 114 valence electrons. The van der Waals surface area contributed by atoms with E-state index in [0.717, 1.165) is 24.1 Å². The molecule has 3 nitrogen and oxygen atoms in total. The maximum atomic E-state index is 12.4. The van der Waals surface area contributed by atoms with Crippen LogP contribution in [0.15, 0.2) is 54.6 Å². The molecule has 0 spiro atoms. The summed E-state index contributed by atoms with van der Waals surface area (Å²) in [6.07, 6.45) is 1.99. The molecule has 0 saturated heterocycles. The summed E-state index contributed by atoms with van der Waals surface area (Å²) in [5.41, 5.74) is 3.04. The second kappa shape index (κ2) is 5.84. The lowest BCUT2D eigenvalue weighted by Crippen LogP contribution is -2.38. The van der Waals surface area contributed by atoms with Crippen molar-refractivity contribution in [1.82, 2.24) is 5.32 Å². The normalized spacial score (nSPS) is 15.4. The minimum atomic E-state index is -0.182. The van der Waals surface area contributed by atoms with Crippen LogP contribution in [0.3, 0.4) is 0 Å². The maximum absolute atomic E-state index is 12.4. The van der Waals surface area contributed by atoms with Crippen molar-refractivity contribution in [2.75, 3.05) is 5.32 Å². The molecule has 0 aromatic heterocycles. The standard InChI is InChI=1S/C19H22N2O/c1-14(2)16-10-6-7-11-17(16)20-18(22)21-19(12-13-19)15-8-4-3-5-9-15/h3-11,14H,12-13H2,1-2H3,(H2,20,21,22). The number of nitrogens with one attached hydrogen (secondary N) is 2. The van der Waals surface area contributed by atoms with Gasteiger partial charge in [-0.05, 0) is 36.0 Å². The van der Waals surface area contributed by atoms with Gasteiger partial charge in [-0.25, -0.2) is 4.79 Å². The Morgan fingerprint density at radius 1 is 1.00 bits per heavy atom. The molecule has 3 rings (SSSR count). The fraction of sp³-hybridized carbons (Fsp3) is 0.316. The van der Waals surface area contributed by atoms with Crippen LogP contribution in [0.25, 0.3) is 0 Å². The predicted molar refractivity (Wildman–Crippen MR) is 90.0 cm³/mol. The summed E-state index contributed by atoms with van der Waals surface area (Å²) in [6.45, 7) is 4.26. The van der Waals surface area contributed by atoms with E-state index < -0.39 is 0 Å². The largest absolute Gasteiger partial charge is 0.328 e. The zero-order valence-electron chi connectivity index (χ0n) is 13.1. The molecule has 3 heteroatoms. The van der Waals surface area contributed by atoms with Crippen molar-refractivity contribution in [3.8, 4) is 0 Å². The summed E-state index contributed by atoms with van der Waals surface area (Å²) >= 11 is 0. The molecule has 0 heterocycles. The zero-order valence-corrected chi connectivity index (χ0v) is 13.1. The molecule has 0 radical (unpaired) electrons. The van der Waals surface area contributed by atoms with E-state index in [9.17, 15) is 4.79 Å². The van der Waals surface area contributed by atoms with Crippen LogP contribution in [0.1, 0.15) is 43.7 Å². The van der Waals surface area contributed by atoms with Gasteiger partial charge >= 0.3 is 6.03 Å². The van der Waals surface area contributed by atoms with Gasteiger partial charge in [-0.3, -0.25) is 0 Å². The molecule has 0 unspecified atom stereocenters. The Labute approximate surface area is 131 Å². The first-order chi connectivity index (χ1) is 10.6. The van der Waals surface area contributed by atoms with Crippen LogP contribution in [0.2, 0.25) is 0 Å². The summed E-state index contributed by atoms with van der Waals surface area (Å²) < 4.78 is 0. The van der Waals surface area contributed by atoms with E-state index in [0.29, 0.717) is 5.92 Å². The van der Waals surface area contributed by atoms with Crippen LogP contribution in [0, 0.1) is 0 Å². The smallest absolute Gasteiger partial charge is 0.319 e. The fourth-order valence-electron chi connectivity index (χ4n) is 2.85. The molecule has 1 saturated carbocycles. The molecule has 2 N–H and O–H groups in total. The van der Waals surface area contributed by atoms with Crippen LogP contribution in [0.4, 0.5) is 10.5 Å². The highest BCUT2D eigenvalue weighted by Gasteiger charge is 2.45. The second-order valence-electron chi connectivity index (χ2n) is 6.27. The molecule has 2 amide bonds. The number of hydrogen-bond donors (Lipinski definition) is 2. The Morgan fingerprint density at radius 3 is 2.27 bits per heavy atom. The first-order valence-corrected chi connectivity index (χ1v) is 7.84. The fourth-order valence-corrected chi connectivity index (χ4v) is 2.85. The van der Waals surface area contributed by atoms with Gasteiger partial charge in [0.1, 0.15) is 0 Å². The minimum absolute atomic E-state index is 0.130. The van der Waals surface area contributed by atoms with E-state index in [-0.39, 0.29) is 11.6 Å². The first-order valence-electron chi connectivity index (χ1n) is 7.84. The number of carbonyl (C=O) groups excluding carboxylic acids is 1. The Balaban J connectivity index is 1.72. The highest BCUT2D eigenvalue weighted by molar-refractivity contribution is 5.91. The number of urea groups is 1. The van der Waals surface area contributed by atoms with Crippen molar-refractivity contribution in [1.29, 1.82) is 0 Å². The van der Waals surface area contributed by atoms with Gasteiger partial charge in [0.15, 0.2) is 0 Å². The van der Waals surface area contributed by atoms with E-state index >= 15 is 0 Å². The van der Waals surface area contributed by atoms with Gasteiger partial charge < -0.3 is 10.6 Å². The van der Waals surface area contributed by atoms with E-state index in [1.165, 1.54) is 5.56 Å². The number of amides is 2. The SMILES string of the molecule is CC(C)c1ccccc1NC(=O)NC1(c2ccccc2)CC1. The minimum Gasteiger partial charge on any atom is -0.328 e. The Morgan fingerprint density at radius 2 is 1.64 bits per heavy atom. The Bertz CT molecular complexity index is 660. The summed E-state index contributed by atoms with van der Waals surface area (Å²) in [5, 5.41) is 6.16. The highest BCUT2D eigenvalue weighted by atomic mass is 16.2. The van der Waals surface area contributed by atoms with Crippen molar-refractivity contribution in [3.63, 3.8) is 0 Å². The number of carbonyl (C=O) groups is 1. The molecular formula is C19H22N2O. The van der Waals surface area contributed by atoms with Gasteiger partial charge in [0.05, 0.1) is 5.54 Å². The summed E-state index contributed by atoms with van der Waals surface area (Å²) in [4.78, 5) is 12.4. The number of anilines is 1. The van der Waals surface area contributed by atoms with Crippen molar-refractivity contribution in [3.05, 3.63) is 65.7 Å². The first kappa shape index (κ1) is 14.6. The average molecular weight is 294 g/mol. The topological polar surface area (TPSA) is 41.1 Å². The molecule has 1 fully saturated rings. The molecule has 2 aromatic rings. The van der Waals surface area contributed by atoms with Crippen LogP contribution < -0.4 is 10.6 Å². The number of para-hydroxylation sites is 1. The molecule has 22 heavy (non-hydrogen) atoms. The van der Waals surface area contributed by atoms with Gasteiger partial charge in [0, 0.05) is 5.69 Å². The van der Waals surface area contributed by atoms with E-state index in [4.69, 9.17) is 0 Å². The predicted octanol–water partition coefficient (Wildman–Crippen LogP) is 4.62. The number of hydrogen-bond acceptors (Lipinski definition) is 1. The van der Waals surface area contributed by atoms with Crippen molar-refractivity contribution >= 4 is 11.7 Å². The van der Waals surface area contributed by atoms with E-state index in [1.54, 1.807) is 0 Å². The molecule has 2 aromatic carbocycles. The summed E-state index contributed by atoms with van der Waals surface area (Å²) in [7, 11) is 0. The van der Waals surface area contributed by atoms with Gasteiger partial charge in [-0.2, -0.15) is 0 Å². The molecule has 1 aliphatic carbocycles. The quantitative estimate of drug-likeness (QED) is 0.848. The molecule has 0 aliphatic heterocycles. The lowest BCUT2D eigenvalue weighted by molar-refractivity contribution is 0.247. The van der Waals surface area contributed by atoms with E-state index in [2.05, 4.69) is 42.7 Å². The van der Waals surface area contributed by atoms with Crippen LogP contribution in [0.5, 0.6) is 0 Å². The highest BCUT2D eigenvalue weighted by Crippen LogP contribution is 2.45. The second-order valence-corrected chi connectivity index (χ2v) is 6.27. The van der Waals surface area contributed by atoms with E-state index in [1.807, 2.05) is 36.4 Å². The van der Waals surface area contributed by atoms with Gasteiger partial charge in [-0.1, -0.05) is 62.4 Å². The molecular weight excluding hydrogens is 272 g/mol. The lowest BCUT2D eigenvalue weighted by atomic mass is 10.0. The Kier molecular flexibility index (Phi) is 3.88.